The summed E-state index contributed by atoms with van der Waals surface area (Å²) in [7, 11) is -4.15. The second kappa shape index (κ2) is 6.60. The van der Waals surface area contributed by atoms with Crippen molar-refractivity contribution in [2.75, 3.05) is 11.9 Å². The number of hydrogen-bond donors (Lipinski definition) is 2. The summed E-state index contributed by atoms with van der Waals surface area (Å²) in [5.74, 6) is 0.799. The number of rotatable bonds is 6. The van der Waals surface area contributed by atoms with Gasteiger partial charge in [0.25, 0.3) is 10.1 Å². The van der Waals surface area contributed by atoms with E-state index >= 15 is 0 Å². The molecule has 0 aliphatic heterocycles. The monoisotopic (exact) mass is 307 g/mol. The zero-order valence-corrected chi connectivity index (χ0v) is 12.4. The van der Waals surface area contributed by atoms with Gasteiger partial charge in [-0.1, -0.05) is 18.2 Å². The van der Waals surface area contributed by atoms with E-state index < -0.39 is 10.1 Å². The van der Waals surface area contributed by atoms with Crippen molar-refractivity contribution in [2.45, 2.75) is 17.9 Å². The molecule has 2 aromatic carbocycles. The highest BCUT2D eigenvalue weighted by Crippen LogP contribution is 2.15. The third-order valence-electron chi connectivity index (χ3n) is 2.81. The largest absolute Gasteiger partial charge is 0.491 e. The molecule has 21 heavy (non-hydrogen) atoms. The number of para-hydroxylation sites is 1. The van der Waals surface area contributed by atoms with E-state index in [0.29, 0.717) is 6.61 Å². The fourth-order valence-corrected chi connectivity index (χ4v) is 2.27. The Bertz CT molecular complexity index is 669. The Balaban J connectivity index is 1.89. The molecule has 0 aliphatic carbocycles. The van der Waals surface area contributed by atoms with Crippen molar-refractivity contribution >= 4 is 15.8 Å². The second-order valence-corrected chi connectivity index (χ2v) is 6.09. The molecule has 6 heteroatoms. The maximum Gasteiger partial charge on any atom is 0.294 e. The zero-order valence-electron chi connectivity index (χ0n) is 11.6. The van der Waals surface area contributed by atoms with Gasteiger partial charge in [-0.15, -0.1) is 0 Å². The molecule has 2 aromatic rings. The van der Waals surface area contributed by atoms with Crippen molar-refractivity contribution in [3.63, 3.8) is 0 Å². The van der Waals surface area contributed by atoms with Crippen molar-refractivity contribution in [3.05, 3.63) is 54.6 Å². The molecule has 1 unspecified atom stereocenters. The van der Waals surface area contributed by atoms with E-state index in [1.165, 1.54) is 12.1 Å². The van der Waals surface area contributed by atoms with Crippen molar-refractivity contribution in [2.24, 2.45) is 0 Å². The van der Waals surface area contributed by atoms with Crippen LogP contribution in [-0.4, -0.2) is 25.6 Å². The molecular formula is C15H17NO4S. The van der Waals surface area contributed by atoms with Gasteiger partial charge in [0.15, 0.2) is 0 Å². The minimum atomic E-state index is -4.15. The molecule has 0 saturated heterocycles. The first-order valence-electron chi connectivity index (χ1n) is 6.47. The quantitative estimate of drug-likeness (QED) is 0.803. The average Bonchev–Trinajstić information content (AvgIpc) is 2.46. The van der Waals surface area contributed by atoms with Gasteiger partial charge in [-0.05, 0) is 43.3 Å². The van der Waals surface area contributed by atoms with Gasteiger partial charge >= 0.3 is 0 Å². The summed E-state index contributed by atoms with van der Waals surface area (Å²) in [5.41, 5.74) is 0.756. The molecule has 112 valence electrons. The number of nitrogens with one attached hydrogen (secondary N) is 1. The lowest BCUT2D eigenvalue weighted by Gasteiger charge is -2.16. The Labute approximate surface area is 124 Å². The average molecular weight is 307 g/mol. The first-order valence-corrected chi connectivity index (χ1v) is 7.91. The highest BCUT2D eigenvalue weighted by Gasteiger charge is 2.09. The number of benzene rings is 2. The maximum atomic E-state index is 10.9. The van der Waals surface area contributed by atoms with E-state index in [0.717, 1.165) is 11.4 Å². The molecule has 0 radical (unpaired) electrons. The van der Waals surface area contributed by atoms with Crippen LogP contribution in [0.4, 0.5) is 5.69 Å². The van der Waals surface area contributed by atoms with Gasteiger partial charge in [-0.3, -0.25) is 4.55 Å². The molecule has 0 fully saturated rings. The van der Waals surface area contributed by atoms with Gasteiger partial charge < -0.3 is 10.1 Å². The summed E-state index contributed by atoms with van der Waals surface area (Å²) in [6.07, 6.45) is 0. The lowest BCUT2D eigenvalue weighted by Crippen LogP contribution is -2.23. The van der Waals surface area contributed by atoms with Gasteiger partial charge in [-0.25, -0.2) is 0 Å². The normalized spacial score (nSPS) is 12.7. The predicted molar refractivity (Wildman–Crippen MR) is 81.3 cm³/mol. The zero-order chi connectivity index (χ0) is 15.3. The van der Waals surface area contributed by atoms with Crippen LogP contribution in [0, 0.1) is 0 Å². The van der Waals surface area contributed by atoms with Gasteiger partial charge in [-0.2, -0.15) is 8.42 Å². The Hall–Kier alpha value is -2.05. The highest BCUT2D eigenvalue weighted by molar-refractivity contribution is 7.85. The summed E-state index contributed by atoms with van der Waals surface area (Å²) in [6.45, 7) is 2.43. The van der Waals surface area contributed by atoms with Gasteiger partial charge in [0.1, 0.15) is 12.4 Å². The molecular weight excluding hydrogens is 290 g/mol. The second-order valence-electron chi connectivity index (χ2n) is 4.67. The molecule has 0 aromatic heterocycles. The van der Waals surface area contributed by atoms with Crippen LogP contribution in [0.25, 0.3) is 0 Å². The fourth-order valence-electron chi connectivity index (χ4n) is 1.79. The van der Waals surface area contributed by atoms with Crippen molar-refractivity contribution < 1.29 is 17.7 Å². The van der Waals surface area contributed by atoms with Crippen LogP contribution in [0.3, 0.4) is 0 Å². The summed E-state index contributed by atoms with van der Waals surface area (Å²) in [4.78, 5) is -0.124. The Morgan fingerprint density at radius 2 is 1.71 bits per heavy atom. The van der Waals surface area contributed by atoms with E-state index in [-0.39, 0.29) is 10.9 Å². The summed E-state index contributed by atoms with van der Waals surface area (Å²) in [5, 5.41) is 3.19. The first-order chi connectivity index (χ1) is 9.95. The summed E-state index contributed by atoms with van der Waals surface area (Å²) in [6, 6.07) is 15.4. The predicted octanol–water partition coefficient (Wildman–Crippen LogP) is 2.81. The van der Waals surface area contributed by atoms with E-state index in [1.54, 1.807) is 12.1 Å². The number of anilines is 1. The van der Waals surface area contributed by atoms with Crippen LogP contribution in [0.1, 0.15) is 6.92 Å². The lowest BCUT2D eigenvalue weighted by atomic mass is 10.3. The van der Waals surface area contributed by atoms with Crippen molar-refractivity contribution in [1.29, 1.82) is 0 Å². The molecule has 2 rings (SSSR count). The smallest absolute Gasteiger partial charge is 0.294 e. The van der Waals surface area contributed by atoms with Crippen LogP contribution in [0.2, 0.25) is 0 Å². The van der Waals surface area contributed by atoms with Crippen LogP contribution >= 0.6 is 0 Å². The van der Waals surface area contributed by atoms with E-state index in [9.17, 15) is 8.42 Å². The van der Waals surface area contributed by atoms with Crippen LogP contribution in [-0.2, 0) is 10.1 Å². The summed E-state index contributed by atoms with van der Waals surface area (Å²) >= 11 is 0. The van der Waals surface area contributed by atoms with Crippen molar-refractivity contribution in [1.82, 2.24) is 0 Å². The topological polar surface area (TPSA) is 75.6 Å². The van der Waals surface area contributed by atoms with Gasteiger partial charge in [0.05, 0.1) is 10.9 Å². The lowest BCUT2D eigenvalue weighted by molar-refractivity contribution is 0.304. The minimum absolute atomic E-state index is 0.0433. The number of ether oxygens (including phenoxy) is 1. The van der Waals surface area contributed by atoms with E-state index in [4.69, 9.17) is 9.29 Å². The molecule has 0 bridgehead atoms. The molecule has 2 N–H and O–H groups in total. The first kappa shape index (κ1) is 15.3. The molecule has 0 heterocycles. The molecule has 0 amide bonds. The van der Waals surface area contributed by atoms with Crippen LogP contribution in [0.5, 0.6) is 5.75 Å². The third kappa shape index (κ3) is 4.77. The standard InChI is InChI=1S/C15H17NO4S/c1-12(11-20-14-5-3-2-4-6-14)16-13-7-9-15(10-8-13)21(17,18)19/h2-10,12,16H,11H2,1H3,(H,17,18,19). The Morgan fingerprint density at radius 1 is 1.10 bits per heavy atom. The van der Waals surface area contributed by atoms with Crippen LogP contribution < -0.4 is 10.1 Å². The van der Waals surface area contributed by atoms with Crippen molar-refractivity contribution in [3.8, 4) is 5.75 Å². The third-order valence-corrected chi connectivity index (χ3v) is 3.68. The SMILES string of the molecule is CC(COc1ccccc1)Nc1ccc(S(=O)(=O)O)cc1. The Kier molecular flexibility index (Phi) is 4.82. The van der Waals surface area contributed by atoms with Gasteiger partial charge in [0, 0.05) is 5.69 Å². The molecule has 5 nitrogen and oxygen atoms in total. The Morgan fingerprint density at radius 3 is 2.29 bits per heavy atom. The van der Waals surface area contributed by atoms with Crippen LogP contribution in [0.15, 0.2) is 59.5 Å². The molecule has 1 atom stereocenters. The van der Waals surface area contributed by atoms with Gasteiger partial charge in [0.2, 0.25) is 0 Å². The van der Waals surface area contributed by atoms with E-state index in [1.807, 2.05) is 37.3 Å². The highest BCUT2D eigenvalue weighted by atomic mass is 32.2. The maximum absolute atomic E-state index is 10.9. The minimum Gasteiger partial charge on any atom is -0.491 e. The summed E-state index contributed by atoms with van der Waals surface area (Å²) < 4.78 is 36.4. The molecule has 0 spiro atoms. The fraction of sp³-hybridized carbons (Fsp3) is 0.200. The number of hydrogen-bond acceptors (Lipinski definition) is 4. The molecule has 0 saturated carbocycles. The molecule has 0 aliphatic rings. The van der Waals surface area contributed by atoms with E-state index in [2.05, 4.69) is 5.32 Å².